The predicted molar refractivity (Wildman–Crippen MR) is 36.1 cm³/mol. The summed E-state index contributed by atoms with van der Waals surface area (Å²) >= 11 is 0. The Bertz CT molecular complexity index is 23.4. The second-order valence-corrected chi connectivity index (χ2v) is 2.06. The maximum absolute atomic E-state index is 2.25. The van der Waals surface area contributed by atoms with Crippen molar-refractivity contribution in [2.24, 2.45) is 0 Å². The van der Waals surface area contributed by atoms with Crippen molar-refractivity contribution in [3.05, 3.63) is 0 Å². The van der Waals surface area contributed by atoms with Crippen molar-refractivity contribution in [2.75, 3.05) is 0 Å². The molecule has 0 rings (SSSR count). The summed E-state index contributed by atoms with van der Waals surface area (Å²) in [4.78, 5) is 0. The van der Waals surface area contributed by atoms with Gasteiger partial charge >= 0.3 is 48.2 Å². The van der Waals surface area contributed by atoms with E-state index in [4.69, 9.17) is 0 Å². The van der Waals surface area contributed by atoms with Crippen LogP contribution in [0.4, 0.5) is 0 Å². The normalized spacial score (nSPS) is 9.14. The Balaban J connectivity index is 2.45. The van der Waals surface area contributed by atoms with Gasteiger partial charge in [0.25, 0.3) is 0 Å². The van der Waals surface area contributed by atoms with E-state index in [1.165, 1.54) is 31.8 Å². The van der Waals surface area contributed by atoms with Gasteiger partial charge in [-0.15, -0.1) is 0 Å². The van der Waals surface area contributed by atoms with Gasteiger partial charge in [0.05, 0.1) is 0 Å². The Morgan fingerprint density at radius 3 is 2.29 bits per heavy atom. The standard InChI is InChI=1S/C6H13.Be.H/c1-3-5-6-4-2;;/h1,3-6H2,2H3;;. The van der Waals surface area contributed by atoms with E-state index in [0.29, 0.717) is 0 Å². The van der Waals surface area contributed by atoms with Crippen molar-refractivity contribution in [1.29, 1.82) is 0 Å². The second kappa shape index (κ2) is 6.17. The first-order chi connectivity index (χ1) is 3.41. The van der Waals surface area contributed by atoms with E-state index in [-0.39, 0.29) is 0 Å². The van der Waals surface area contributed by atoms with E-state index in [1.807, 2.05) is 0 Å². The fourth-order valence-electron chi connectivity index (χ4n) is 0.677. The predicted octanol–water partition coefficient (Wildman–Crippen LogP) is 1.89. The topological polar surface area (TPSA) is 0 Å². The average molecular weight is 95.2 g/mol. The van der Waals surface area contributed by atoms with Gasteiger partial charge in [-0.1, -0.05) is 0 Å². The molecule has 7 heavy (non-hydrogen) atoms. The third kappa shape index (κ3) is 6.17. The van der Waals surface area contributed by atoms with Crippen LogP contribution in [0.25, 0.3) is 0 Å². The molecule has 0 fully saturated rings. The van der Waals surface area contributed by atoms with Crippen molar-refractivity contribution >= 4 is 9.45 Å². The van der Waals surface area contributed by atoms with Crippen LogP contribution in [-0.2, 0) is 0 Å². The molecule has 0 spiro atoms. The molecule has 1 heteroatoms. The maximum atomic E-state index is 2.25. The van der Waals surface area contributed by atoms with Crippen molar-refractivity contribution in [3.8, 4) is 0 Å². The van der Waals surface area contributed by atoms with Crippen LogP contribution in [0, 0.1) is 0 Å². The van der Waals surface area contributed by atoms with Crippen LogP contribution in [0.1, 0.15) is 32.6 Å². The van der Waals surface area contributed by atoms with Crippen LogP contribution in [-0.4, -0.2) is 9.45 Å². The molecule has 0 bridgehead atoms. The number of rotatable bonds is 4. The van der Waals surface area contributed by atoms with Gasteiger partial charge in [0.15, 0.2) is 0 Å². The SMILES string of the molecule is [BeH][CH2]CCCCC. The van der Waals surface area contributed by atoms with E-state index >= 15 is 0 Å². The summed E-state index contributed by atoms with van der Waals surface area (Å²) < 4.78 is 0. The Kier molecular flexibility index (Phi) is 6.32. The Morgan fingerprint density at radius 2 is 1.86 bits per heavy atom. The van der Waals surface area contributed by atoms with Crippen LogP contribution < -0.4 is 0 Å². The van der Waals surface area contributed by atoms with Gasteiger partial charge in [-0.3, -0.25) is 0 Å². The van der Waals surface area contributed by atoms with E-state index in [9.17, 15) is 0 Å². The molecule has 0 aromatic heterocycles. The quantitative estimate of drug-likeness (QED) is 0.369. The zero-order chi connectivity index (χ0) is 5.54. The van der Waals surface area contributed by atoms with Gasteiger partial charge < -0.3 is 0 Å². The minimum atomic E-state index is 1.36. The molecule has 0 N–H and O–H groups in total. The number of hydrogen-bond donors (Lipinski definition) is 0. The second-order valence-electron chi connectivity index (χ2n) is 2.06. The van der Waals surface area contributed by atoms with Crippen molar-refractivity contribution in [3.63, 3.8) is 0 Å². The molecule has 0 saturated heterocycles. The molecule has 0 aliphatic heterocycles. The molecule has 0 saturated carbocycles. The summed E-state index contributed by atoms with van der Waals surface area (Å²) in [6.45, 7) is 2.25. The summed E-state index contributed by atoms with van der Waals surface area (Å²) in [5.74, 6) is 0. The molecule has 0 unspecified atom stereocenters. The van der Waals surface area contributed by atoms with Crippen molar-refractivity contribution in [2.45, 2.75) is 38.7 Å². The molecule has 0 amide bonds. The molecule has 0 nitrogen and oxygen atoms in total. The first-order valence-corrected chi connectivity index (χ1v) is 3.41. The summed E-state index contributed by atoms with van der Waals surface area (Å²) in [6, 6.07) is 0. The van der Waals surface area contributed by atoms with Gasteiger partial charge in [-0.2, -0.15) is 0 Å². The molecular weight excluding hydrogens is 81.1 g/mol. The van der Waals surface area contributed by atoms with Gasteiger partial charge in [0.1, 0.15) is 0 Å². The van der Waals surface area contributed by atoms with Crippen LogP contribution in [0.5, 0.6) is 0 Å². The molecule has 0 heterocycles. The van der Waals surface area contributed by atoms with Gasteiger partial charge in [0, 0.05) is 0 Å². The molecule has 0 radical (unpaired) electrons. The Labute approximate surface area is 49.1 Å². The average Bonchev–Trinajstić information content (AvgIpc) is 1.69. The Morgan fingerprint density at radius 1 is 1.14 bits per heavy atom. The van der Waals surface area contributed by atoms with Crippen LogP contribution in [0.2, 0.25) is 6.14 Å². The number of unbranched alkanes of at least 4 members (excludes halogenated alkanes) is 3. The van der Waals surface area contributed by atoms with Crippen LogP contribution in [0.15, 0.2) is 0 Å². The third-order valence-electron chi connectivity index (χ3n) is 1.21. The molecule has 40 valence electrons. The number of hydrogen-bond acceptors (Lipinski definition) is 0. The molecular formula is C6H14Be. The zero-order valence-corrected chi connectivity index (χ0v) is 5.54. The molecule has 0 aliphatic rings. The first-order valence-electron chi connectivity index (χ1n) is 3.41. The minimum absolute atomic E-state index is 1.36. The zero-order valence-electron chi connectivity index (χ0n) is 5.54. The summed E-state index contributed by atoms with van der Waals surface area (Å²) in [5, 5.41) is 0. The molecule has 0 atom stereocenters. The van der Waals surface area contributed by atoms with Gasteiger partial charge in [0.2, 0.25) is 0 Å². The fourth-order valence-corrected chi connectivity index (χ4v) is 0.677. The van der Waals surface area contributed by atoms with Gasteiger partial charge in [-0.25, -0.2) is 0 Å². The fraction of sp³-hybridized carbons (Fsp3) is 1.00. The molecule has 0 aliphatic carbocycles. The summed E-state index contributed by atoms with van der Waals surface area (Å²) in [7, 11) is 2.25. The molecule has 0 aromatic carbocycles. The summed E-state index contributed by atoms with van der Waals surface area (Å²) in [5.41, 5.74) is 0. The van der Waals surface area contributed by atoms with Crippen molar-refractivity contribution < 1.29 is 0 Å². The van der Waals surface area contributed by atoms with E-state index in [0.717, 1.165) is 0 Å². The van der Waals surface area contributed by atoms with Gasteiger partial charge in [-0.05, 0) is 0 Å². The third-order valence-corrected chi connectivity index (χ3v) is 1.21. The van der Waals surface area contributed by atoms with Crippen molar-refractivity contribution in [1.82, 2.24) is 0 Å². The van der Waals surface area contributed by atoms with E-state index in [1.54, 1.807) is 0 Å². The summed E-state index contributed by atoms with van der Waals surface area (Å²) in [6.07, 6.45) is 7.01. The Hall–Kier alpha value is 0.169. The van der Waals surface area contributed by atoms with Crippen LogP contribution >= 0.6 is 0 Å². The monoisotopic (exact) mass is 95.1 g/mol. The van der Waals surface area contributed by atoms with E-state index < -0.39 is 0 Å². The van der Waals surface area contributed by atoms with E-state index in [2.05, 4.69) is 16.4 Å². The first kappa shape index (κ1) is 7.17. The van der Waals surface area contributed by atoms with Crippen LogP contribution in [0.3, 0.4) is 0 Å². The molecule has 0 aromatic rings.